The highest BCUT2D eigenvalue weighted by Gasteiger charge is 2.15. The fourth-order valence-electron chi connectivity index (χ4n) is 3.52. The molecule has 0 amide bonds. The second-order valence-corrected chi connectivity index (χ2v) is 8.54. The van der Waals surface area contributed by atoms with E-state index in [0.717, 1.165) is 28.9 Å². The van der Waals surface area contributed by atoms with Gasteiger partial charge in [0.25, 0.3) is 0 Å². The van der Waals surface area contributed by atoms with E-state index in [4.69, 9.17) is 16.6 Å². The highest BCUT2D eigenvalue weighted by Crippen LogP contribution is 2.36. The molecule has 4 rings (SSSR count). The van der Waals surface area contributed by atoms with Gasteiger partial charge in [-0.25, -0.2) is 4.68 Å². The quantitative estimate of drug-likeness (QED) is 0.387. The molecule has 0 aliphatic heterocycles. The van der Waals surface area contributed by atoms with E-state index in [1.807, 2.05) is 29.6 Å². The van der Waals surface area contributed by atoms with Crippen LogP contribution in [-0.2, 0) is 0 Å². The van der Waals surface area contributed by atoms with Crippen LogP contribution in [0.1, 0.15) is 37.7 Å². The van der Waals surface area contributed by atoms with E-state index in [0.29, 0.717) is 5.02 Å². The second kappa shape index (κ2) is 8.93. The Morgan fingerprint density at radius 2 is 1.83 bits per heavy atom. The molecule has 30 heavy (non-hydrogen) atoms. The first kappa shape index (κ1) is 20.5. The summed E-state index contributed by atoms with van der Waals surface area (Å²) >= 11 is 7.69. The Morgan fingerprint density at radius 1 is 1.03 bits per heavy atom. The first-order valence-electron chi connectivity index (χ1n) is 9.81. The molecular formula is C22H22ClN3O3S. The van der Waals surface area contributed by atoms with Gasteiger partial charge in [0, 0.05) is 21.5 Å². The maximum absolute atomic E-state index is 10.1. The van der Waals surface area contributed by atoms with E-state index in [-0.39, 0.29) is 17.4 Å². The average Bonchev–Trinajstić information content (AvgIpc) is 3.15. The third-order valence-electron chi connectivity index (χ3n) is 5.15. The van der Waals surface area contributed by atoms with Crippen molar-refractivity contribution in [3.05, 3.63) is 57.2 Å². The van der Waals surface area contributed by atoms with Crippen molar-refractivity contribution in [3.63, 3.8) is 0 Å². The van der Waals surface area contributed by atoms with Crippen molar-refractivity contribution >= 4 is 29.2 Å². The maximum Gasteiger partial charge on any atom is 0.206 e. The zero-order valence-electron chi connectivity index (χ0n) is 16.2. The number of thiazole rings is 1. The fourth-order valence-corrected chi connectivity index (χ4v) is 4.62. The van der Waals surface area contributed by atoms with Crippen LogP contribution < -0.4 is 4.80 Å². The van der Waals surface area contributed by atoms with Gasteiger partial charge < -0.3 is 15.3 Å². The van der Waals surface area contributed by atoms with Gasteiger partial charge in [0.15, 0.2) is 11.5 Å². The van der Waals surface area contributed by atoms with Crippen LogP contribution in [0.25, 0.3) is 11.3 Å². The summed E-state index contributed by atoms with van der Waals surface area (Å²) < 4.78 is 1.73. The molecule has 3 aromatic rings. The van der Waals surface area contributed by atoms with Gasteiger partial charge in [0.05, 0.1) is 18.0 Å². The van der Waals surface area contributed by atoms with Gasteiger partial charge in [-0.1, -0.05) is 43.0 Å². The van der Waals surface area contributed by atoms with Crippen molar-refractivity contribution in [2.45, 2.75) is 38.1 Å². The molecule has 0 unspecified atom stereocenters. The van der Waals surface area contributed by atoms with Crippen LogP contribution in [0.2, 0.25) is 5.02 Å². The molecule has 0 atom stereocenters. The lowest BCUT2D eigenvalue weighted by Gasteiger charge is -2.16. The van der Waals surface area contributed by atoms with Gasteiger partial charge >= 0.3 is 0 Å². The Bertz CT molecular complexity index is 1150. The summed E-state index contributed by atoms with van der Waals surface area (Å²) in [5, 5.41) is 36.6. The Hall–Kier alpha value is -2.77. The number of halogens is 1. The summed E-state index contributed by atoms with van der Waals surface area (Å²) in [6, 6.07) is 10.6. The van der Waals surface area contributed by atoms with Crippen LogP contribution in [-0.4, -0.2) is 32.3 Å². The van der Waals surface area contributed by atoms with Crippen LogP contribution in [0, 0.1) is 0 Å². The SMILES string of the molecule is Oc1ccc(C=Nn2c(-c3cccc(Cl)c3)csc2=NC2CCCCC2)c(O)c1O. The number of aromatic nitrogens is 1. The van der Waals surface area contributed by atoms with Crippen molar-refractivity contribution in [1.29, 1.82) is 0 Å². The zero-order chi connectivity index (χ0) is 21.1. The Labute approximate surface area is 183 Å². The van der Waals surface area contributed by atoms with Crippen molar-refractivity contribution in [2.75, 3.05) is 0 Å². The number of aromatic hydroxyl groups is 3. The second-order valence-electron chi connectivity index (χ2n) is 7.26. The smallest absolute Gasteiger partial charge is 0.206 e. The number of phenols is 3. The van der Waals surface area contributed by atoms with Gasteiger partial charge in [-0.15, -0.1) is 11.3 Å². The molecule has 0 radical (unpaired) electrons. The maximum atomic E-state index is 10.1. The zero-order valence-corrected chi connectivity index (χ0v) is 17.8. The monoisotopic (exact) mass is 443 g/mol. The van der Waals surface area contributed by atoms with Gasteiger partial charge in [-0.05, 0) is 37.1 Å². The highest BCUT2D eigenvalue weighted by atomic mass is 35.5. The Balaban J connectivity index is 1.80. The summed E-state index contributed by atoms with van der Waals surface area (Å²) in [6.45, 7) is 0. The summed E-state index contributed by atoms with van der Waals surface area (Å²) in [4.78, 5) is 5.70. The highest BCUT2D eigenvalue weighted by molar-refractivity contribution is 7.07. The molecule has 156 valence electrons. The van der Waals surface area contributed by atoms with Crippen LogP contribution >= 0.6 is 22.9 Å². The number of rotatable bonds is 4. The van der Waals surface area contributed by atoms with E-state index in [1.165, 1.54) is 48.9 Å². The van der Waals surface area contributed by atoms with Gasteiger partial charge in [0.1, 0.15) is 0 Å². The summed E-state index contributed by atoms with van der Waals surface area (Å²) in [7, 11) is 0. The molecule has 0 bridgehead atoms. The van der Waals surface area contributed by atoms with E-state index in [9.17, 15) is 15.3 Å². The molecule has 3 N–H and O–H groups in total. The third-order valence-corrected chi connectivity index (χ3v) is 6.21. The minimum atomic E-state index is -0.573. The minimum Gasteiger partial charge on any atom is -0.504 e. The topological polar surface area (TPSA) is 90.3 Å². The Kier molecular flexibility index (Phi) is 6.11. The lowest BCUT2D eigenvalue weighted by Crippen LogP contribution is -2.19. The largest absolute Gasteiger partial charge is 0.504 e. The molecule has 1 aliphatic rings. The fraction of sp³-hybridized carbons (Fsp3) is 0.273. The molecule has 2 aromatic carbocycles. The molecule has 6 nitrogen and oxygen atoms in total. The molecule has 1 aromatic heterocycles. The molecule has 1 fully saturated rings. The van der Waals surface area contributed by atoms with E-state index in [2.05, 4.69) is 5.10 Å². The summed E-state index contributed by atoms with van der Waals surface area (Å²) in [5.74, 6) is -1.39. The lowest BCUT2D eigenvalue weighted by molar-refractivity contribution is 0.367. The molecule has 8 heteroatoms. The normalized spacial score (nSPS) is 15.8. The third kappa shape index (κ3) is 4.37. The van der Waals surface area contributed by atoms with Crippen molar-refractivity contribution in [2.24, 2.45) is 10.1 Å². The van der Waals surface area contributed by atoms with Gasteiger partial charge in [-0.2, -0.15) is 5.10 Å². The number of hydrogen-bond donors (Lipinski definition) is 3. The Morgan fingerprint density at radius 3 is 2.60 bits per heavy atom. The number of benzene rings is 2. The minimum absolute atomic E-state index is 0.275. The first-order chi connectivity index (χ1) is 14.5. The predicted molar refractivity (Wildman–Crippen MR) is 120 cm³/mol. The summed E-state index contributed by atoms with van der Waals surface area (Å²) in [5.41, 5.74) is 2.01. The molecule has 0 spiro atoms. The summed E-state index contributed by atoms with van der Waals surface area (Å²) in [6.07, 6.45) is 7.21. The van der Waals surface area contributed by atoms with Crippen molar-refractivity contribution < 1.29 is 15.3 Å². The first-order valence-corrected chi connectivity index (χ1v) is 11.1. The molecule has 1 saturated carbocycles. The number of hydrogen-bond acceptors (Lipinski definition) is 6. The molecule has 1 aliphatic carbocycles. The number of nitrogens with zero attached hydrogens (tertiary/aromatic N) is 3. The standard InChI is InChI=1S/C22H22ClN3O3S/c23-16-6-4-5-14(11-16)18-13-30-22(25-17-7-2-1-3-8-17)26(18)24-12-15-9-10-19(27)21(29)20(15)28/h4-6,9-13,17,27-29H,1-3,7-8H2. The van der Waals surface area contributed by atoms with Crippen LogP contribution in [0.3, 0.4) is 0 Å². The average molecular weight is 444 g/mol. The molecule has 0 saturated heterocycles. The predicted octanol–water partition coefficient (Wildman–Crippen LogP) is 5.10. The number of phenolic OH excluding ortho intramolecular Hbond substituents is 3. The van der Waals surface area contributed by atoms with Crippen LogP contribution in [0.15, 0.2) is 51.9 Å². The van der Waals surface area contributed by atoms with E-state index < -0.39 is 11.5 Å². The van der Waals surface area contributed by atoms with Crippen LogP contribution in [0.4, 0.5) is 0 Å². The molecular weight excluding hydrogens is 422 g/mol. The van der Waals surface area contributed by atoms with Crippen LogP contribution in [0.5, 0.6) is 17.2 Å². The van der Waals surface area contributed by atoms with Crippen molar-refractivity contribution in [1.82, 2.24) is 4.68 Å². The van der Waals surface area contributed by atoms with Gasteiger partial charge in [-0.3, -0.25) is 4.99 Å². The molecule has 1 heterocycles. The lowest BCUT2D eigenvalue weighted by atomic mass is 9.96. The van der Waals surface area contributed by atoms with E-state index >= 15 is 0 Å². The van der Waals surface area contributed by atoms with Crippen molar-refractivity contribution in [3.8, 4) is 28.5 Å². The van der Waals surface area contributed by atoms with Gasteiger partial charge in [0.2, 0.25) is 10.6 Å². The van der Waals surface area contributed by atoms with E-state index in [1.54, 1.807) is 4.68 Å².